The Hall–Kier alpha value is -5.74. The lowest BCUT2D eigenvalue weighted by Gasteiger charge is -2.28. The topological polar surface area (TPSA) is 178 Å². The molecule has 2 aliphatic rings. The standard InChI is InChI=1S/C19H21N5O.C14H18N4O.C6H8BNO2.CH4/c1-13(2)16-7-8-17-19(23-9-11-25-12-10-23)21-18(22-24(16)17)14-3-5-15(20)6-4-14;1-10(2)12-4-5-13-14(15-11(3)16-18(12)13)17-6-8-19-9-7-17;8-6-3-1-5(2-4-6)7(9)10;/h3-8H,1,9-12,20H2,2H3;4-5H,1,6-9H2,2-3H3;1-4,9-10H,8H2;1H4. The maximum absolute atomic E-state index is 8.63. The minimum atomic E-state index is -1.40. The number of ether oxygens (including phenoxy) is 2. The fraction of sp³-hybridized carbons (Fsp3) is 0.300. The molecule has 0 bridgehead atoms. The summed E-state index contributed by atoms with van der Waals surface area (Å²) in [6.07, 6.45) is 0. The van der Waals surface area contributed by atoms with Gasteiger partial charge >= 0.3 is 7.12 Å². The maximum Gasteiger partial charge on any atom is 0.488 e. The molecule has 6 N–H and O–H groups in total. The summed E-state index contributed by atoms with van der Waals surface area (Å²) in [7, 11) is -1.40. The fourth-order valence-corrected chi connectivity index (χ4v) is 6.15. The van der Waals surface area contributed by atoms with Crippen LogP contribution in [0.15, 0.2) is 86.0 Å². The first kappa shape index (κ1) is 40.5. The summed E-state index contributed by atoms with van der Waals surface area (Å²) in [5, 5.41) is 26.5. The molecule has 15 heteroatoms. The third-order valence-corrected chi connectivity index (χ3v) is 8.99. The van der Waals surface area contributed by atoms with Gasteiger partial charge in [-0.15, -0.1) is 5.10 Å². The van der Waals surface area contributed by atoms with Crippen molar-refractivity contribution in [3.63, 3.8) is 0 Å². The molecule has 14 nitrogen and oxygen atoms in total. The molecule has 2 saturated heterocycles. The lowest BCUT2D eigenvalue weighted by Crippen LogP contribution is -2.37. The van der Waals surface area contributed by atoms with Gasteiger partial charge in [0.05, 0.1) is 37.8 Å². The zero-order valence-electron chi connectivity index (χ0n) is 31.0. The Labute approximate surface area is 322 Å². The van der Waals surface area contributed by atoms with Crippen molar-refractivity contribution in [2.45, 2.75) is 28.2 Å². The zero-order chi connectivity index (χ0) is 38.4. The molecular weight excluding hydrogens is 695 g/mol. The molecule has 55 heavy (non-hydrogen) atoms. The van der Waals surface area contributed by atoms with Crippen molar-refractivity contribution in [3.8, 4) is 11.4 Å². The van der Waals surface area contributed by atoms with E-state index in [0.717, 1.165) is 102 Å². The highest BCUT2D eigenvalue weighted by atomic mass is 16.5. The summed E-state index contributed by atoms with van der Waals surface area (Å²) in [5.74, 6) is 3.36. The van der Waals surface area contributed by atoms with E-state index in [1.807, 2.05) is 60.1 Å². The molecule has 0 atom stereocenters. The Kier molecular flexibility index (Phi) is 13.3. The van der Waals surface area contributed by atoms with Crippen molar-refractivity contribution in [1.82, 2.24) is 29.2 Å². The van der Waals surface area contributed by atoms with Crippen LogP contribution in [0.25, 0.3) is 33.6 Å². The normalized spacial score (nSPS) is 14.0. The predicted octanol–water partition coefficient (Wildman–Crippen LogP) is 4.34. The summed E-state index contributed by atoms with van der Waals surface area (Å²) in [6, 6.07) is 22.2. The summed E-state index contributed by atoms with van der Waals surface area (Å²) >= 11 is 0. The molecule has 4 aromatic heterocycles. The molecule has 6 aromatic rings. The van der Waals surface area contributed by atoms with Gasteiger partial charge in [0.1, 0.15) is 16.9 Å². The van der Waals surface area contributed by atoms with Crippen molar-refractivity contribution in [1.29, 1.82) is 0 Å². The highest BCUT2D eigenvalue weighted by Crippen LogP contribution is 2.28. The Bertz CT molecular complexity index is 2220. The molecule has 0 unspecified atom stereocenters. The second-order valence-electron chi connectivity index (χ2n) is 13.2. The van der Waals surface area contributed by atoms with Gasteiger partial charge in [-0.2, -0.15) is 5.10 Å². The number of hydrogen-bond acceptors (Lipinski definition) is 12. The van der Waals surface area contributed by atoms with Crippen LogP contribution in [0, 0.1) is 6.92 Å². The number of nitrogens with two attached hydrogens (primary N) is 2. The number of hydrogen-bond donors (Lipinski definition) is 4. The first-order valence-corrected chi connectivity index (χ1v) is 17.8. The molecule has 0 spiro atoms. The number of nitrogen functional groups attached to an aromatic ring is 2. The smallest absolute Gasteiger partial charge is 0.423 e. The molecule has 0 amide bonds. The van der Waals surface area contributed by atoms with Gasteiger partial charge in [-0.25, -0.2) is 19.0 Å². The van der Waals surface area contributed by atoms with E-state index in [9.17, 15) is 0 Å². The number of nitrogens with zero attached hydrogens (tertiary/aromatic N) is 8. The quantitative estimate of drug-likeness (QED) is 0.140. The minimum Gasteiger partial charge on any atom is -0.423 e. The molecular formula is C40H51BN10O4. The van der Waals surface area contributed by atoms with Gasteiger partial charge < -0.3 is 40.8 Å². The van der Waals surface area contributed by atoms with Crippen LogP contribution < -0.4 is 26.7 Å². The second-order valence-corrected chi connectivity index (χ2v) is 13.2. The zero-order valence-corrected chi connectivity index (χ0v) is 31.0. The Morgan fingerprint density at radius 1 is 0.655 bits per heavy atom. The molecule has 6 heterocycles. The largest absolute Gasteiger partial charge is 0.488 e. The third kappa shape index (κ3) is 9.50. The summed E-state index contributed by atoms with van der Waals surface area (Å²) < 4.78 is 14.8. The average Bonchev–Trinajstić information content (AvgIpc) is 3.81. The Morgan fingerprint density at radius 2 is 1.09 bits per heavy atom. The van der Waals surface area contributed by atoms with Crippen LogP contribution in [-0.4, -0.2) is 99.0 Å². The molecule has 288 valence electrons. The lowest BCUT2D eigenvalue weighted by molar-refractivity contribution is 0.122. The molecule has 2 fully saturated rings. The number of morpholine rings is 2. The predicted molar refractivity (Wildman–Crippen MR) is 223 cm³/mol. The van der Waals surface area contributed by atoms with Crippen LogP contribution in [0.2, 0.25) is 0 Å². The Balaban J connectivity index is 0.000000171. The third-order valence-electron chi connectivity index (χ3n) is 8.99. The van der Waals surface area contributed by atoms with Crippen LogP contribution >= 0.6 is 0 Å². The number of fused-ring (bicyclic) bond motifs is 2. The number of anilines is 4. The molecule has 8 rings (SSSR count). The first-order valence-electron chi connectivity index (χ1n) is 17.8. The summed E-state index contributed by atoms with van der Waals surface area (Å²) in [5.41, 5.74) is 19.9. The fourth-order valence-electron chi connectivity index (χ4n) is 6.15. The van der Waals surface area contributed by atoms with Gasteiger partial charge in [0, 0.05) is 43.1 Å². The van der Waals surface area contributed by atoms with Gasteiger partial charge in [-0.1, -0.05) is 32.7 Å². The van der Waals surface area contributed by atoms with Crippen molar-refractivity contribution in [2.75, 3.05) is 73.9 Å². The van der Waals surface area contributed by atoms with E-state index in [4.69, 9.17) is 41.1 Å². The van der Waals surface area contributed by atoms with Crippen molar-refractivity contribution < 1.29 is 19.5 Å². The van der Waals surface area contributed by atoms with E-state index >= 15 is 0 Å². The second kappa shape index (κ2) is 18.1. The van der Waals surface area contributed by atoms with Crippen molar-refractivity contribution >= 4 is 57.8 Å². The number of aryl methyl sites for hydroxylation is 1. The van der Waals surface area contributed by atoms with Crippen LogP contribution in [0.4, 0.5) is 23.0 Å². The highest BCUT2D eigenvalue weighted by Gasteiger charge is 2.21. The first-order chi connectivity index (χ1) is 26.0. The van der Waals surface area contributed by atoms with Crippen molar-refractivity contribution in [3.05, 3.63) is 103 Å². The summed E-state index contributed by atoms with van der Waals surface area (Å²) in [4.78, 5) is 14.0. The molecule has 2 aliphatic heterocycles. The number of rotatable bonds is 6. The maximum atomic E-state index is 8.63. The summed E-state index contributed by atoms with van der Waals surface area (Å²) in [6.45, 7) is 20.3. The van der Waals surface area contributed by atoms with E-state index in [1.54, 1.807) is 24.3 Å². The number of allylic oxidation sites excluding steroid dienone is 2. The van der Waals surface area contributed by atoms with Crippen LogP contribution in [0.3, 0.4) is 0 Å². The SMILES string of the molecule is C.C=C(C)c1ccc2c(N3CCOCC3)nc(-c3ccc(N)cc3)nn12.C=C(C)c1ccc2c(N3CCOCC3)nc(C)nn12.Nc1ccc(B(O)O)cc1. The Morgan fingerprint density at radius 3 is 1.55 bits per heavy atom. The van der Waals surface area contributed by atoms with Gasteiger partial charge in [-0.05, 0) is 98.0 Å². The minimum absolute atomic E-state index is 0. The van der Waals surface area contributed by atoms with E-state index in [0.29, 0.717) is 30.2 Å². The van der Waals surface area contributed by atoms with E-state index in [-0.39, 0.29) is 7.43 Å². The van der Waals surface area contributed by atoms with E-state index in [2.05, 4.69) is 51.2 Å². The highest BCUT2D eigenvalue weighted by molar-refractivity contribution is 6.58. The van der Waals surface area contributed by atoms with Gasteiger partial charge in [0.25, 0.3) is 0 Å². The van der Waals surface area contributed by atoms with Crippen LogP contribution in [-0.2, 0) is 9.47 Å². The van der Waals surface area contributed by atoms with Gasteiger partial charge in [0.2, 0.25) is 0 Å². The monoisotopic (exact) mass is 746 g/mol. The number of benzene rings is 2. The molecule has 2 aromatic carbocycles. The van der Waals surface area contributed by atoms with Crippen LogP contribution in [0.5, 0.6) is 0 Å². The van der Waals surface area contributed by atoms with Crippen LogP contribution in [0.1, 0.15) is 38.5 Å². The lowest BCUT2D eigenvalue weighted by atomic mass is 9.80. The van der Waals surface area contributed by atoms with Gasteiger partial charge in [0.15, 0.2) is 17.5 Å². The molecule has 0 aliphatic carbocycles. The van der Waals surface area contributed by atoms with E-state index in [1.165, 1.54) is 0 Å². The molecule has 0 radical (unpaired) electrons. The average molecular weight is 747 g/mol. The van der Waals surface area contributed by atoms with Crippen molar-refractivity contribution in [2.24, 2.45) is 0 Å². The number of aromatic nitrogens is 6. The van der Waals surface area contributed by atoms with E-state index < -0.39 is 7.12 Å². The van der Waals surface area contributed by atoms with Gasteiger partial charge in [-0.3, -0.25) is 0 Å². The molecule has 0 saturated carbocycles.